The highest BCUT2D eigenvalue weighted by Gasteiger charge is 2.23. The van der Waals surface area contributed by atoms with E-state index >= 15 is 0 Å². The first-order chi connectivity index (χ1) is 10.8. The average molecular weight is 292 g/mol. The summed E-state index contributed by atoms with van der Waals surface area (Å²) >= 11 is 0. The van der Waals surface area contributed by atoms with Crippen LogP contribution in [0.3, 0.4) is 0 Å². The molecule has 1 heterocycles. The summed E-state index contributed by atoms with van der Waals surface area (Å²) in [5.74, 6) is -0.278. The molecule has 22 heavy (non-hydrogen) atoms. The third kappa shape index (κ3) is 2.26. The van der Waals surface area contributed by atoms with E-state index in [0.717, 1.165) is 30.2 Å². The van der Waals surface area contributed by atoms with Gasteiger partial charge >= 0.3 is 5.97 Å². The molecule has 1 atom stereocenters. The number of aromatic nitrogens is 2. The molecular weight excluding hydrogens is 276 g/mol. The van der Waals surface area contributed by atoms with Crippen LogP contribution in [-0.2, 0) is 17.6 Å². The summed E-state index contributed by atoms with van der Waals surface area (Å²) in [6, 6.07) is 13.9. The zero-order chi connectivity index (χ0) is 14.9. The molecule has 0 fully saturated rings. The fraction of sp³-hybridized carbons (Fsp3) is 0.222. The predicted molar refractivity (Wildman–Crippen MR) is 83.8 cm³/mol. The lowest BCUT2D eigenvalue weighted by molar-refractivity contribution is 0.0273. The Balaban J connectivity index is 1.55. The Morgan fingerprint density at radius 1 is 1.14 bits per heavy atom. The van der Waals surface area contributed by atoms with E-state index < -0.39 is 0 Å². The molecule has 110 valence electrons. The lowest BCUT2D eigenvalue weighted by Gasteiger charge is -2.24. The Morgan fingerprint density at radius 2 is 2.00 bits per heavy atom. The van der Waals surface area contributed by atoms with E-state index in [1.165, 1.54) is 11.1 Å². The van der Waals surface area contributed by atoms with Gasteiger partial charge in [0, 0.05) is 11.8 Å². The number of aryl methyl sites for hydroxylation is 1. The molecule has 0 saturated heterocycles. The molecule has 1 aliphatic carbocycles. The number of ether oxygens (including phenoxy) is 1. The highest BCUT2D eigenvalue weighted by Crippen LogP contribution is 2.24. The second-order valence-electron chi connectivity index (χ2n) is 5.68. The van der Waals surface area contributed by atoms with Gasteiger partial charge in [-0.1, -0.05) is 36.4 Å². The molecule has 1 aromatic heterocycles. The summed E-state index contributed by atoms with van der Waals surface area (Å²) in [7, 11) is 0. The first-order valence-corrected chi connectivity index (χ1v) is 7.51. The van der Waals surface area contributed by atoms with Crippen molar-refractivity contribution in [2.45, 2.75) is 25.4 Å². The van der Waals surface area contributed by atoms with Crippen molar-refractivity contribution >= 4 is 16.9 Å². The number of hydrogen-bond donors (Lipinski definition) is 1. The predicted octanol–water partition coefficient (Wildman–Crippen LogP) is 3.28. The molecule has 3 aromatic rings. The van der Waals surface area contributed by atoms with Crippen LogP contribution in [-0.4, -0.2) is 22.3 Å². The number of benzene rings is 2. The first-order valence-electron chi connectivity index (χ1n) is 7.51. The van der Waals surface area contributed by atoms with Crippen LogP contribution in [0.4, 0.5) is 0 Å². The van der Waals surface area contributed by atoms with Crippen molar-refractivity contribution in [3.8, 4) is 0 Å². The number of para-hydroxylation sites is 1. The molecule has 4 rings (SSSR count). The lowest BCUT2D eigenvalue weighted by atomic mass is 9.90. The molecule has 4 nitrogen and oxygen atoms in total. The number of carbonyl (C=O) groups is 1. The number of H-pyrrole nitrogens is 1. The number of nitrogens with zero attached hydrogens (tertiary/aromatic N) is 1. The molecule has 0 saturated carbocycles. The second-order valence-corrected chi connectivity index (χ2v) is 5.68. The topological polar surface area (TPSA) is 55.0 Å². The van der Waals surface area contributed by atoms with Gasteiger partial charge in [-0.05, 0) is 30.0 Å². The Kier molecular flexibility index (Phi) is 3.15. The van der Waals surface area contributed by atoms with E-state index in [1.807, 2.05) is 18.2 Å². The van der Waals surface area contributed by atoms with Crippen LogP contribution in [0.2, 0.25) is 0 Å². The molecule has 1 unspecified atom stereocenters. The number of nitrogens with one attached hydrogen (secondary N) is 1. The summed E-state index contributed by atoms with van der Waals surface area (Å²) in [5, 5.41) is 7.78. The largest absolute Gasteiger partial charge is 0.458 e. The molecule has 4 heteroatoms. The molecule has 0 bridgehead atoms. The van der Waals surface area contributed by atoms with E-state index in [1.54, 1.807) is 12.3 Å². The number of rotatable bonds is 2. The van der Waals surface area contributed by atoms with Gasteiger partial charge in [-0.3, -0.25) is 5.10 Å². The maximum absolute atomic E-state index is 12.5. The molecular formula is C18H16N2O2. The van der Waals surface area contributed by atoms with Gasteiger partial charge in [0.15, 0.2) is 0 Å². The van der Waals surface area contributed by atoms with Crippen molar-refractivity contribution in [3.05, 3.63) is 65.4 Å². The van der Waals surface area contributed by atoms with Gasteiger partial charge in [0.25, 0.3) is 0 Å². The minimum atomic E-state index is -0.278. The van der Waals surface area contributed by atoms with Crippen molar-refractivity contribution < 1.29 is 9.53 Å². The van der Waals surface area contributed by atoms with E-state index in [-0.39, 0.29) is 12.1 Å². The fourth-order valence-electron chi connectivity index (χ4n) is 3.12. The van der Waals surface area contributed by atoms with Crippen molar-refractivity contribution in [2.75, 3.05) is 0 Å². The van der Waals surface area contributed by atoms with Crippen LogP contribution in [0, 0.1) is 0 Å². The zero-order valence-electron chi connectivity index (χ0n) is 12.1. The van der Waals surface area contributed by atoms with Crippen molar-refractivity contribution in [1.29, 1.82) is 0 Å². The quantitative estimate of drug-likeness (QED) is 0.737. The molecule has 2 aromatic carbocycles. The maximum Gasteiger partial charge on any atom is 0.340 e. The Hall–Kier alpha value is -2.62. The van der Waals surface area contributed by atoms with Gasteiger partial charge in [-0.15, -0.1) is 0 Å². The first kappa shape index (κ1) is 13.1. The minimum Gasteiger partial charge on any atom is -0.458 e. The molecule has 0 amide bonds. The third-order valence-electron chi connectivity index (χ3n) is 4.27. The van der Waals surface area contributed by atoms with Crippen LogP contribution < -0.4 is 0 Å². The van der Waals surface area contributed by atoms with Crippen LogP contribution in [0.25, 0.3) is 10.9 Å². The van der Waals surface area contributed by atoms with Crippen molar-refractivity contribution in [1.82, 2.24) is 10.2 Å². The third-order valence-corrected chi connectivity index (χ3v) is 4.27. The number of esters is 1. The number of fused-ring (bicyclic) bond motifs is 2. The number of carbonyl (C=O) groups excluding carboxylic acids is 1. The van der Waals surface area contributed by atoms with Crippen LogP contribution in [0.15, 0.2) is 48.7 Å². The lowest BCUT2D eigenvalue weighted by Crippen LogP contribution is -2.25. The molecule has 1 N–H and O–H groups in total. The summed E-state index contributed by atoms with van der Waals surface area (Å²) in [4.78, 5) is 12.5. The van der Waals surface area contributed by atoms with Gasteiger partial charge < -0.3 is 4.74 Å². The molecule has 0 radical (unpaired) electrons. The normalized spacial score (nSPS) is 17.2. The summed E-state index contributed by atoms with van der Waals surface area (Å²) < 4.78 is 5.73. The molecule has 1 aliphatic rings. The fourth-order valence-corrected chi connectivity index (χ4v) is 3.12. The molecule has 0 aliphatic heterocycles. The van der Waals surface area contributed by atoms with Crippen LogP contribution in [0.5, 0.6) is 0 Å². The van der Waals surface area contributed by atoms with E-state index in [9.17, 15) is 4.79 Å². The van der Waals surface area contributed by atoms with Gasteiger partial charge in [-0.2, -0.15) is 5.10 Å². The number of hydrogen-bond acceptors (Lipinski definition) is 3. The van der Waals surface area contributed by atoms with Gasteiger partial charge in [-0.25, -0.2) is 4.79 Å². The minimum absolute atomic E-state index is 0.0550. The summed E-state index contributed by atoms with van der Waals surface area (Å²) in [6.45, 7) is 0. The monoisotopic (exact) mass is 292 g/mol. The summed E-state index contributed by atoms with van der Waals surface area (Å²) in [6.07, 6.45) is 4.29. The Morgan fingerprint density at radius 3 is 2.91 bits per heavy atom. The SMILES string of the molecule is O=C(OC1CCc2ccccc2C1)c1cccc2cn[nH]c12. The molecule has 0 spiro atoms. The smallest absolute Gasteiger partial charge is 0.340 e. The highest BCUT2D eigenvalue weighted by molar-refractivity contribution is 6.02. The number of aromatic amines is 1. The Labute approximate surface area is 128 Å². The van der Waals surface area contributed by atoms with Crippen molar-refractivity contribution in [2.24, 2.45) is 0 Å². The van der Waals surface area contributed by atoms with Crippen LogP contribution >= 0.6 is 0 Å². The van der Waals surface area contributed by atoms with E-state index in [2.05, 4.69) is 28.4 Å². The van der Waals surface area contributed by atoms with Gasteiger partial charge in [0.05, 0.1) is 17.3 Å². The van der Waals surface area contributed by atoms with E-state index in [0.29, 0.717) is 5.56 Å². The average Bonchev–Trinajstić information content (AvgIpc) is 3.03. The maximum atomic E-state index is 12.5. The Bertz CT molecular complexity index is 838. The van der Waals surface area contributed by atoms with E-state index in [4.69, 9.17) is 4.74 Å². The highest BCUT2D eigenvalue weighted by atomic mass is 16.5. The second kappa shape index (κ2) is 5.30. The zero-order valence-corrected chi connectivity index (χ0v) is 12.1. The summed E-state index contributed by atoms with van der Waals surface area (Å²) in [5.41, 5.74) is 3.94. The standard InChI is InChI=1S/C18H16N2O2/c21-18(16-7-3-6-14-11-19-20-17(14)16)22-15-9-8-12-4-1-2-5-13(12)10-15/h1-7,11,15H,8-10H2,(H,19,20). The van der Waals surface area contributed by atoms with Gasteiger partial charge in [0.1, 0.15) is 6.10 Å². The van der Waals surface area contributed by atoms with Crippen LogP contribution in [0.1, 0.15) is 27.9 Å². The van der Waals surface area contributed by atoms with Gasteiger partial charge in [0.2, 0.25) is 0 Å². The van der Waals surface area contributed by atoms with Crippen molar-refractivity contribution in [3.63, 3.8) is 0 Å².